The molecule has 22 heavy (non-hydrogen) atoms. The zero-order chi connectivity index (χ0) is 15.0. The summed E-state index contributed by atoms with van der Waals surface area (Å²) in [5, 5.41) is 4.07. The minimum absolute atomic E-state index is 0. The Morgan fingerprint density at radius 1 is 1.45 bits per heavy atom. The minimum Gasteiger partial charge on any atom is -0.326 e. The molecule has 1 aromatic heterocycles. The molecule has 1 aliphatic carbocycles. The molecule has 2 atom stereocenters. The maximum Gasteiger partial charge on any atom is 0.229 e. The summed E-state index contributed by atoms with van der Waals surface area (Å²) in [6, 6.07) is 5.86. The Balaban J connectivity index is 0.00000176. The van der Waals surface area contributed by atoms with E-state index in [0.29, 0.717) is 0 Å². The summed E-state index contributed by atoms with van der Waals surface area (Å²) in [7, 11) is 0. The molecule has 1 fully saturated rings. The first-order chi connectivity index (χ1) is 9.95. The second-order valence-corrected chi connectivity index (χ2v) is 7.44. The van der Waals surface area contributed by atoms with Crippen molar-refractivity contribution in [3.05, 3.63) is 23.2 Å². The lowest BCUT2D eigenvalue weighted by atomic mass is 9.74. The van der Waals surface area contributed by atoms with Gasteiger partial charge in [0.05, 0.1) is 21.1 Å². The molecule has 4 nitrogen and oxygen atoms in total. The lowest BCUT2D eigenvalue weighted by molar-refractivity contribution is -0.122. The molecule has 2 aromatic rings. The lowest BCUT2D eigenvalue weighted by Gasteiger charge is -2.37. The third-order valence-electron chi connectivity index (χ3n) is 4.33. The highest BCUT2D eigenvalue weighted by atomic mass is 35.5. The van der Waals surface area contributed by atoms with E-state index in [1.165, 1.54) is 0 Å². The number of carbonyl (C=O) groups is 1. The highest BCUT2D eigenvalue weighted by molar-refractivity contribution is 7.18. The van der Waals surface area contributed by atoms with E-state index >= 15 is 0 Å². The number of nitrogens with zero attached hydrogens (tertiary/aromatic N) is 1. The molecule has 1 heterocycles. The van der Waals surface area contributed by atoms with Gasteiger partial charge >= 0.3 is 0 Å². The zero-order valence-corrected chi connectivity index (χ0v) is 14.5. The molecule has 0 aliphatic heterocycles. The van der Waals surface area contributed by atoms with Crippen LogP contribution in [0.25, 0.3) is 10.2 Å². The second-order valence-electron chi connectivity index (χ2n) is 6.21. The number of aryl methyl sites for hydroxylation is 1. The number of hydrogen-bond donors (Lipinski definition) is 2. The molecule has 0 saturated heterocycles. The van der Waals surface area contributed by atoms with Gasteiger partial charge in [-0.1, -0.05) is 12.8 Å². The van der Waals surface area contributed by atoms with Gasteiger partial charge in [-0.05, 0) is 44.9 Å². The monoisotopic (exact) mass is 339 g/mol. The van der Waals surface area contributed by atoms with Gasteiger partial charge in [0, 0.05) is 11.2 Å². The molecule has 1 aromatic carbocycles. The van der Waals surface area contributed by atoms with Crippen LogP contribution in [0, 0.1) is 12.8 Å². The lowest BCUT2D eigenvalue weighted by Crippen LogP contribution is -2.51. The Morgan fingerprint density at radius 2 is 2.23 bits per heavy atom. The Kier molecular flexibility index (Phi) is 5.10. The third kappa shape index (κ3) is 3.42. The first kappa shape index (κ1) is 17.2. The average Bonchev–Trinajstić information content (AvgIpc) is 2.77. The summed E-state index contributed by atoms with van der Waals surface area (Å²) >= 11 is 1.64. The van der Waals surface area contributed by atoms with Gasteiger partial charge in [-0.3, -0.25) is 4.79 Å². The highest BCUT2D eigenvalue weighted by Gasteiger charge is 2.37. The molecule has 1 aliphatic rings. The van der Waals surface area contributed by atoms with E-state index in [4.69, 9.17) is 5.73 Å². The molecule has 0 bridgehead atoms. The van der Waals surface area contributed by atoms with Gasteiger partial charge in [0.1, 0.15) is 0 Å². The van der Waals surface area contributed by atoms with Crippen LogP contribution in [0.15, 0.2) is 18.2 Å². The molecular formula is C16H22ClN3OS. The van der Waals surface area contributed by atoms with Crippen molar-refractivity contribution < 1.29 is 4.79 Å². The van der Waals surface area contributed by atoms with Crippen molar-refractivity contribution in [2.75, 3.05) is 5.32 Å². The van der Waals surface area contributed by atoms with Crippen LogP contribution in [0.2, 0.25) is 0 Å². The number of halogens is 1. The van der Waals surface area contributed by atoms with Crippen LogP contribution in [0.5, 0.6) is 0 Å². The maximum absolute atomic E-state index is 12.5. The number of aromatic nitrogens is 1. The normalized spacial score (nSPS) is 24.8. The molecule has 3 rings (SSSR count). The van der Waals surface area contributed by atoms with E-state index in [2.05, 4.69) is 10.3 Å². The molecule has 3 N–H and O–H groups in total. The number of nitrogens with two attached hydrogens (primary N) is 1. The molecule has 120 valence electrons. The van der Waals surface area contributed by atoms with Crippen molar-refractivity contribution in [1.82, 2.24) is 4.98 Å². The number of hydrogen-bond acceptors (Lipinski definition) is 4. The number of nitrogens with one attached hydrogen (secondary N) is 1. The van der Waals surface area contributed by atoms with Crippen molar-refractivity contribution in [1.29, 1.82) is 0 Å². The van der Waals surface area contributed by atoms with E-state index < -0.39 is 5.54 Å². The van der Waals surface area contributed by atoms with Crippen LogP contribution >= 0.6 is 23.7 Å². The van der Waals surface area contributed by atoms with E-state index in [1.54, 1.807) is 11.3 Å². The molecular weight excluding hydrogens is 318 g/mol. The molecule has 1 saturated carbocycles. The van der Waals surface area contributed by atoms with Crippen LogP contribution in [0.1, 0.15) is 37.6 Å². The van der Waals surface area contributed by atoms with Gasteiger partial charge in [-0.15, -0.1) is 23.7 Å². The fraction of sp³-hybridized carbons (Fsp3) is 0.500. The van der Waals surface area contributed by atoms with Gasteiger partial charge in [0.15, 0.2) is 0 Å². The Bertz CT molecular complexity index is 683. The van der Waals surface area contributed by atoms with Crippen molar-refractivity contribution in [3.8, 4) is 0 Å². The topological polar surface area (TPSA) is 68.0 Å². The largest absolute Gasteiger partial charge is 0.326 e. The molecule has 2 unspecified atom stereocenters. The van der Waals surface area contributed by atoms with Crippen molar-refractivity contribution >= 4 is 45.6 Å². The van der Waals surface area contributed by atoms with Gasteiger partial charge in [0.2, 0.25) is 5.91 Å². The standard InChI is InChI=1S/C16H21N3OS.ClH/c1-10-18-13-7-6-11(9-14(13)21-10)19-15(20)12-5-3-4-8-16(12,2)17;/h6-7,9,12H,3-5,8,17H2,1-2H3,(H,19,20);1H. The quantitative estimate of drug-likeness (QED) is 0.872. The summed E-state index contributed by atoms with van der Waals surface area (Å²) in [6.07, 6.45) is 3.99. The Labute approximate surface area is 140 Å². The second kappa shape index (κ2) is 6.52. The van der Waals surface area contributed by atoms with E-state index in [1.807, 2.05) is 32.0 Å². The fourth-order valence-corrected chi connectivity index (χ4v) is 4.00. The maximum atomic E-state index is 12.5. The Hall–Kier alpha value is -1.17. The molecule has 0 spiro atoms. The number of amides is 1. The first-order valence-corrected chi connectivity index (χ1v) is 8.24. The Morgan fingerprint density at radius 3 is 2.95 bits per heavy atom. The zero-order valence-electron chi connectivity index (χ0n) is 12.9. The summed E-state index contributed by atoms with van der Waals surface area (Å²) in [5.74, 6) is -0.0644. The van der Waals surface area contributed by atoms with Crippen molar-refractivity contribution in [2.24, 2.45) is 11.7 Å². The summed E-state index contributed by atoms with van der Waals surface area (Å²) < 4.78 is 1.10. The highest BCUT2D eigenvalue weighted by Crippen LogP contribution is 2.33. The van der Waals surface area contributed by atoms with Gasteiger partial charge < -0.3 is 11.1 Å². The predicted octanol–water partition coefficient (Wildman–Crippen LogP) is 3.87. The molecule has 6 heteroatoms. The minimum atomic E-state index is -0.395. The summed E-state index contributed by atoms with van der Waals surface area (Å²) in [4.78, 5) is 17.0. The SMILES string of the molecule is Cc1nc2ccc(NC(=O)C3CCCCC3(C)N)cc2s1.Cl. The fourth-order valence-electron chi connectivity index (χ4n) is 3.14. The smallest absolute Gasteiger partial charge is 0.229 e. The summed E-state index contributed by atoms with van der Waals surface area (Å²) in [5.41, 5.74) is 7.72. The molecule has 1 amide bonds. The van der Waals surface area contributed by atoms with Crippen LogP contribution < -0.4 is 11.1 Å². The predicted molar refractivity (Wildman–Crippen MR) is 94.8 cm³/mol. The number of thiazole rings is 1. The van der Waals surface area contributed by atoms with Crippen LogP contribution in [0.4, 0.5) is 5.69 Å². The van der Waals surface area contributed by atoms with Crippen LogP contribution in [-0.4, -0.2) is 16.4 Å². The molecule has 0 radical (unpaired) electrons. The first-order valence-electron chi connectivity index (χ1n) is 7.43. The van der Waals surface area contributed by atoms with Gasteiger partial charge in [-0.25, -0.2) is 4.98 Å². The van der Waals surface area contributed by atoms with Gasteiger partial charge in [0.25, 0.3) is 0 Å². The average molecular weight is 340 g/mol. The van der Waals surface area contributed by atoms with Crippen molar-refractivity contribution in [3.63, 3.8) is 0 Å². The van der Waals surface area contributed by atoms with E-state index in [-0.39, 0.29) is 24.2 Å². The van der Waals surface area contributed by atoms with Gasteiger partial charge in [-0.2, -0.15) is 0 Å². The number of carbonyl (C=O) groups excluding carboxylic acids is 1. The van der Waals surface area contributed by atoms with Crippen molar-refractivity contribution in [2.45, 2.75) is 45.1 Å². The van der Waals surface area contributed by atoms with E-state index in [9.17, 15) is 4.79 Å². The number of rotatable bonds is 2. The number of fused-ring (bicyclic) bond motifs is 1. The van der Waals surface area contributed by atoms with E-state index in [0.717, 1.165) is 46.6 Å². The summed E-state index contributed by atoms with van der Waals surface area (Å²) in [6.45, 7) is 3.98. The number of anilines is 1. The third-order valence-corrected chi connectivity index (χ3v) is 5.27. The van der Waals surface area contributed by atoms with Crippen LogP contribution in [0.3, 0.4) is 0 Å². The number of benzene rings is 1. The van der Waals surface area contributed by atoms with Crippen LogP contribution in [-0.2, 0) is 4.79 Å².